The van der Waals surface area contributed by atoms with Crippen LogP contribution in [0.4, 0.5) is 4.39 Å². The van der Waals surface area contributed by atoms with E-state index in [0.717, 1.165) is 6.07 Å². The zero-order valence-corrected chi connectivity index (χ0v) is 9.51. The topological polar surface area (TPSA) is 70.0 Å². The molecule has 1 rings (SSSR count). The maximum atomic E-state index is 12.9. The Morgan fingerprint density at radius 2 is 2.19 bits per heavy atom. The van der Waals surface area contributed by atoms with Gasteiger partial charge in [0.2, 0.25) is 10.0 Å². The Hall–Kier alpha value is -1.45. The fourth-order valence-electron chi connectivity index (χ4n) is 1.11. The smallest absolute Gasteiger partial charge is 0.210 e. The Morgan fingerprint density at radius 3 is 2.75 bits per heavy atom. The van der Waals surface area contributed by atoms with Crippen molar-refractivity contribution in [2.45, 2.75) is 18.2 Å². The Morgan fingerprint density at radius 1 is 1.50 bits per heavy atom. The van der Waals surface area contributed by atoms with Crippen LogP contribution in [0, 0.1) is 24.1 Å². The van der Waals surface area contributed by atoms with Gasteiger partial charge in [0.05, 0.1) is 11.0 Å². The average molecular weight is 242 g/mol. The van der Waals surface area contributed by atoms with Gasteiger partial charge in [-0.25, -0.2) is 17.5 Å². The molecule has 0 amide bonds. The molecule has 4 nitrogen and oxygen atoms in total. The van der Waals surface area contributed by atoms with Crippen molar-refractivity contribution >= 4 is 10.0 Å². The van der Waals surface area contributed by atoms with Gasteiger partial charge in [0.25, 0.3) is 0 Å². The lowest BCUT2D eigenvalue weighted by atomic mass is 10.2. The average Bonchev–Trinajstić information content (AvgIpc) is 2.22. The Kier molecular flexibility index (Phi) is 3.99. The molecule has 0 aliphatic carbocycles. The third kappa shape index (κ3) is 3.02. The van der Waals surface area contributed by atoms with Gasteiger partial charge in [0.1, 0.15) is 5.82 Å². The zero-order valence-electron chi connectivity index (χ0n) is 8.70. The summed E-state index contributed by atoms with van der Waals surface area (Å²) in [7, 11) is -3.64. The molecular weight excluding hydrogens is 231 g/mol. The fourth-order valence-corrected chi connectivity index (χ4v) is 2.23. The molecule has 0 spiro atoms. The van der Waals surface area contributed by atoms with Crippen LogP contribution in [0.5, 0.6) is 0 Å². The second-order valence-electron chi connectivity index (χ2n) is 3.22. The standard InChI is InChI=1S/C10H11FN2O2S/c1-8-7-9(3-4-10(8)11)16(14,15)13-6-2-5-12/h3-4,7,13H,2,6H2,1H3. The molecule has 0 fully saturated rings. The van der Waals surface area contributed by atoms with Crippen LogP contribution in [-0.2, 0) is 10.0 Å². The minimum absolute atomic E-state index is 0.00402. The molecule has 0 heterocycles. The highest BCUT2D eigenvalue weighted by Crippen LogP contribution is 2.13. The van der Waals surface area contributed by atoms with E-state index in [1.807, 2.05) is 6.07 Å². The molecule has 1 aromatic carbocycles. The maximum absolute atomic E-state index is 12.9. The van der Waals surface area contributed by atoms with Gasteiger partial charge in [-0.3, -0.25) is 0 Å². The Labute approximate surface area is 93.8 Å². The summed E-state index contributed by atoms with van der Waals surface area (Å²) in [4.78, 5) is 0.00402. The van der Waals surface area contributed by atoms with Crippen molar-refractivity contribution in [3.63, 3.8) is 0 Å². The zero-order chi connectivity index (χ0) is 12.2. The molecule has 0 saturated heterocycles. The van der Waals surface area contributed by atoms with Crippen LogP contribution >= 0.6 is 0 Å². The Bertz CT molecular complexity index is 520. The third-order valence-corrected chi connectivity index (χ3v) is 3.43. The van der Waals surface area contributed by atoms with E-state index in [4.69, 9.17) is 5.26 Å². The maximum Gasteiger partial charge on any atom is 0.240 e. The van der Waals surface area contributed by atoms with Crippen LogP contribution < -0.4 is 4.72 Å². The van der Waals surface area contributed by atoms with Gasteiger partial charge >= 0.3 is 0 Å². The summed E-state index contributed by atoms with van der Waals surface area (Å²) in [5.74, 6) is -0.448. The number of benzene rings is 1. The number of nitrogens with one attached hydrogen (secondary N) is 1. The SMILES string of the molecule is Cc1cc(S(=O)(=O)NCCC#N)ccc1F. The molecule has 86 valence electrons. The van der Waals surface area contributed by atoms with Crippen molar-refractivity contribution < 1.29 is 12.8 Å². The van der Waals surface area contributed by atoms with Crippen LogP contribution in [0.1, 0.15) is 12.0 Å². The molecule has 0 unspecified atom stereocenters. The van der Waals surface area contributed by atoms with E-state index in [-0.39, 0.29) is 23.4 Å². The van der Waals surface area contributed by atoms with Crippen molar-refractivity contribution in [3.05, 3.63) is 29.6 Å². The normalized spacial score (nSPS) is 11.1. The Balaban J connectivity index is 2.91. The van der Waals surface area contributed by atoms with Crippen LogP contribution in [0.2, 0.25) is 0 Å². The molecule has 0 bridgehead atoms. The first-order valence-corrected chi connectivity index (χ1v) is 6.08. The van der Waals surface area contributed by atoms with Crippen molar-refractivity contribution in [1.82, 2.24) is 4.72 Å². The van der Waals surface area contributed by atoms with E-state index in [1.165, 1.54) is 19.1 Å². The lowest BCUT2D eigenvalue weighted by Crippen LogP contribution is -2.24. The van der Waals surface area contributed by atoms with Gasteiger partial charge in [-0.2, -0.15) is 5.26 Å². The summed E-state index contributed by atoms with van der Waals surface area (Å²) in [6.07, 6.45) is 0.0966. The van der Waals surface area contributed by atoms with Crippen molar-refractivity contribution in [2.75, 3.05) is 6.54 Å². The predicted molar refractivity (Wildman–Crippen MR) is 56.6 cm³/mol. The number of nitrogens with zero attached hydrogens (tertiary/aromatic N) is 1. The molecule has 0 saturated carbocycles. The summed E-state index contributed by atoms with van der Waals surface area (Å²) in [5, 5.41) is 8.28. The van der Waals surface area contributed by atoms with E-state index in [2.05, 4.69) is 4.72 Å². The molecule has 0 aliphatic rings. The quantitative estimate of drug-likeness (QED) is 0.810. The molecule has 0 atom stereocenters. The molecule has 0 aromatic heterocycles. The van der Waals surface area contributed by atoms with E-state index in [0.29, 0.717) is 0 Å². The summed E-state index contributed by atoms with van der Waals surface area (Å²) in [6, 6.07) is 5.38. The summed E-state index contributed by atoms with van der Waals surface area (Å²) in [5.41, 5.74) is 0.267. The largest absolute Gasteiger partial charge is 0.240 e. The van der Waals surface area contributed by atoms with Crippen molar-refractivity contribution in [1.29, 1.82) is 5.26 Å². The van der Waals surface area contributed by atoms with Crippen molar-refractivity contribution in [2.24, 2.45) is 0 Å². The molecule has 1 aromatic rings. The van der Waals surface area contributed by atoms with Gasteiger partial charge in [-0.15, -0.1) is 0 Å². The first kappa shape index (κ1) is 12.6. The van der Waals surface area contributed by atoms with E-state index < -0.39 is 15.8 Å². The van der Waals surface area contributed by atoms with Crippen molar-refractivity contribution in [3.8, 4) is 6.07 Å². The second-order valence-corrected chi connectivity index (χ2v) is 4.98. The lowest BCUT2D eigenvalue weighted by Gasteiger charge is -2.06. The molecule has 6 heteroatoms. The van der Waals surface area contributed by atoms with Crippen LogP contribution in [0.25, 0.3) is 0 Å². The van der Waals surface area contributed by atoms with Gasteiger partial charge in [-0.05, 0) is 30.7 Å². The monoisotopic (exact) mass is 242 g/mol. The predicted octanol–water partition coefficient (Wildman–Crippen LogP) is 1.33. The van der Waals surface area contributed by atoms with E-state index in [9.17, 15) is 12.8 Å². The molecule has 0 radical (unpaired) electrons. The lowest BCUT2D eigenvalue weighted by molar-refractivity contribution is 0.580. The van der Waals surface area contributed by atoms with E-state index in [1.54, 1.807) is 0 Å². The first-order chi connectivity index (χ1) is 7.47. The number of sulfonamides is 1. The van der Waals surface area contributed by atoms with Gasteiger partial charge in [-0.1, -0.05) is 0 Å². The number of rotatable bonds is 4. The summed E-state index contributed by atoms with van der Waals surface area (Å²) < 4.78 is 38.4. The highest BCUT2D eigenvalue weighted by molar-refractivity contribution is 7.89. The second kappa shape index (κ2) is 5.05. The number of hydrogen-bond donors (Lipinski definition) is 1. The molecular formula is C10H11FN2O2S. The summed E-state index contributed by atoms with van der Waals surface area (Å²) >= 11 is 0. The van der Waals surface area contributed by atoms with Crippen LogP contribution in [0.15, 0.2) is 23.1 Å². The molecule has 1 N–H and O–H groups in total. The first-order valence-electron chi connectivity index (χ1n) is 4.60. The highest BCUT2D eigenvalue weighted by Gasteiger charge is 2.14. The molecule has 0 aliphatic heterocycles. The van der Waals surface area contributed by atoms with Gasteiger partial charge in [0.15, 0.2) is 0 Å². The van der Waals surface area contributed by atoms with Crippen LogP contribution in [-0.4, -0.2) is 15.0 Å². The number of aryl methyl sites for hydroxylation is 1. The molecule has 16 heavy (non-hydrogen) atoms. The number of nitriles is 1. The number of hydrogen-bond acceptors (Lipinski definition) is 3. The fraction of sp³-hybridized carbons (Fsp3) is 0.300. The highest BCUT2D eigenvalue weighted by atomic mass is 32.2. The van der Waals surface area contributed by atoms with Gasteiger partial charge < -0.3 is 0 Å². The van der Waals surface area contributed by atoms with Gasteiger partial charge in [0, 0.05) is 13.0 Å². The number of halogens is 1. The van der Waals surface area contributed by atoms with Crippen LogP contribution in [0.3, 0.4) is 0 Å². The third-order valence-electron chi connectivity index (χ3n) is 1.97. The minimum Gasteiger partial charge on any atom is -0.210 e. The summed E-state index contributed by atoms with van der Waals surface area (Å²) in [6.45, 7) is 1.54. The minimum atomic E-state index is -3.64. The van der Waals surface area contributed by atoms with E-state index >= 15 is 0 Å².